The number of unbranched alkanes of at least 4 members (excludes halogenated alkanes) is 2. The molecular weight excluding hydrogens is 214 g/mol. The van der Waals surface area contributed by atoms with Crippen molar-refractivity contribution in [3.05, 3.63) is 0 Å². The lowest BCUT2D eigenvalue weighted by atomic mass is 10.3. The van der Waals surface area contributed by atoms with Gasteiger partial charge in [-0.2, -0.15) is 0 Å². The van der Waals surface area contributed by atoms with Crippen LogP contribution in [-0.4, -0.2) is 28.0 Å². The van der Waals surface area contributed by atoms with Gasteiger partial charge >= 0.3 is 0 Å². The molecule has 0 N–H and O–H groups in total. The van der Waals surface area contributed by atoms with E-state index < -0.39 is 17.2 Å². The van der Waals surface area contributed by atoms with Crippen molar-refractivity contribution < 1.29 is 0 Å². The molecule has 0 aromatic rings. The average molecular weight is 246 g/mol. The van der Waals surface area contributed by atoms with Crippen molar-refractivity contribution in [1.82, 2.24) is 4.23 Å². The van der Waals surface area contributed by atoms with Crippen molar-refractivity contribution in [1.29, 1.82) is 0 Å². The predicted octanol–water partition coefficient (Wildman–Crippen LogP) is 4.08. The van der Waals surface area contributed by atoms with Crippen LogP contribution in [0.5, 0.6) is 0 Å². The molecule has 0 aromatic carbocycles. The van der Waals surface area contributed by atoms with Gasteiger partial charge in [-0.05, 0) is 19.0 Å². The monoisotopic (exact) mass is 245 g/mol. The number of rotatable bonds is 8. The van der Waals surface area contributed by atoms with Crippen LogP contribution in [0, 0.1) is 0 Å². The van der Waals surface area contributed by atoms with Crippen molar-refractivity contribution in [3.8, 4) is 0 Å². The van der Waals surface area contributed by atoms with Gasteiger partial charge in [0.15, 0.2) is 0 Å². The van der Waals surface area contributed by atoms with Crippen molar-refractivity contribution in [2.75, 3.05) is 6.54 Å². The fourth-order valence-corrected chi connectivity index (χ4v) is 11.3. The molecule has 92 valence electrons. The fraction of sp³-hybridized carbons (Fsp3) is 1.00. The van der Waals surface area contributed by atoms with Crippen molar-refractivity contribution >= 4 is 17.2 Å². The molecule has 3 heteroatoms. The van der Waals surface area contributed by atoms with E-state index in [0.717, 1.165) is 0 Å². The van der Waals surface area contributed by atoms with Crippen LogP contribution in [-0.2, 0) is 0 Å². The quantitative estimate of drug-likeness (QED) is 0.583. The Kier molecular flexibility index (Phi) is 7.83. The summed E-state index contributed by atoms with van der Waals surface area (Å²) in [5.74, 6) is 0. The van der Waals surface area contributed by atoms with E-state index in [0.29, 0.717) is 0 Å². The largest absolute Gasteiger partial charge is 0.348 e. The molecule has 0 aliphatic carbocycles. The summed E-state index contributed by atoms with van der Waals surface area (Å²) in [5.41, 5.74) is 0. The van der Waals surface area contributed by atoms with Crippen molar-refractivity contribution in [2.45, 2.75) is 71.8 Å². The van der Waals surface area contributed by atoms with E-state index in [1.54, 1.807) is 0 Å². The van der Waals surface area contributed by atoms with Gasteiger partial charge in [0.05, 0.1) is 8.96 Å². The Bertz CT molecular complexity index is 158. The number of hydrogen-bond acceptors (Lipinski definition) is 1. The van der Waals surface area contributed by atoms with Gasteiger partial charge in [-0.25, -0.2) is 0 Å². The van der Waals surface area contributed by atoms with Crippen molar-refractivity contribution in [2.24, 2.45) is 0 Å². The zero-order valence-electron chi connectivity index (χ0n) is 11.8. The minimum absolute atomic E-state index is 0.590. The van der Waals surface area contributed by atoms with E-state index >= 15 is 0 Å². The topological polar surface area (TPSA) is 3.24 Å². The standard InChI is InChI=1S/C12H31NSi2/c1-7-9-11-13(14(3)4)15(5,6)12-10-8-2/h14H,7-12H2,1-6H3. The fourth-order valence-electron chi connectivity index (χ4n) is 2.34. The first-order chi connectivity index (χ1) is 6.95. The van der Waals surface area contributed by atoms with Crippen LogP contribution < -0.4 is 0 Å². The van der Waals surface area contributed by atoms with Gasteiger partial charge in [-0.15, -0.1) is 0 Å². The minimum atomic E-state index is -1.06. The smallest absolute Gasteiger partial charge is 0.115 e. The number of hydrogen-bond donors (Lipinski definition) is 0. The summed E-state index contributed by atoms with van der Waals surface area (Å²) in [6, 6.07) is 1.50. The van der Waals surface area contributed by atoms with Gasteiger partial charge in [0, 0.05) is 0 Å². The number of nitrogens with zero attached hydrogens (tertiary/aromatic N) is 1. The highest BCUT2D eigenvalue weighted by molar-refractivity contribution is 6.83. The Labute approximate surface area is 100 Å². The highest BCUT2D eigenvalue weighted by Gasteiger charge is 2.29. The molecule has 15 heavy (non-hydrogen) atoms. The van der Waals surface area contributed by atoms with E-state index in [-0.39, 0.29) is 0 Å². The Balaban J connectivity index is 4.29. The highest BCUT2D eigenvalue weighted by atomic mass is 28.4. The van der Waals surface area contributed by atoms with Crippen molar-refractivity contribution in [3.63, 3.8) is 0 Å². The zero-order chi connectivity index (χ0) is 11.9. The molecule has 0 aliphatic heterocycles. The summed E-state index contributed by atoms with van der Waals surface area (Å²) >= 11 is 0. The summed E-state index contributed by atoms with van der Waals surface area (Å²) in [5, 5.41) is 0. The lowest BCUT2D eigenvalue weighted by molar-refractivity contribution is 0.577. The maximum Gasteiger partial charge on any atom is 0.115 e. The molecule has 0 spiro atoms. The van der Waals surface area contributed by atoms with Crippen LogP contribution in [0.15, 0.2) is 0 Å². The van der Waals surface area contributed by atoms with E-state index in [9.17, 15) is 0 Å². The van der Waals surface area contributed by atoms with E-state index in [1.807, 2.05) is 0 Å². The van der Waals surface area contributed by atoms with Gasteiger partial charge in [0.2, 0.25) is 0 Å². The van der Waals surface area contributed by atoms with E-state index in [1.165, 1.54) is 38.3 Å². The summed E-state index contributed by atoms with van der Waals surface area (Å²) < 4.78 is 2.95. The average Bonchev–Trinajstić information content (AvgIpc) is 2.14. The first-order valence-corrected chi connectivity index (χ1v) is 12.7. The molecule has 0 fully saturated rings. The van der Waals surface area contributed by atoms with Crippen LogP contribution >= 0.6 is 0 Å². The molecule has 1 nitrogen and oxygen atoms in total. The normalized spacial score (nSPS) is 12.8. The van der Waals surface area contributed by atoms with Gasteiger partial charge in [-0.3, -0.25) is 0 Å². The molecule has 0 aromatic heterocycles. The SMILES string of the molecule is CCCCN([SiH](C)C)[Si](C)(C)CCCC. The Morgan fingerprint density at radius 1 is 1.00 bits per heavy atom. The molecular formula is C12H31NSi2. The third-order valence-corrected chi connectivity index (χ3v) is 11.8. The van der Waals surface area contributed by atoms with Crippen LogP contribution in [0.25, 0.3) is 0 Å². The van der Waals surface area contributed by atoms with E-state index in [2.05, 4.69) is 44.3 Å². The molecule has 0 radical (unpaired) electrons. The maximum absolute atomic E-state index is 2.95. The minimum Gasteiger partial charge on any atom is -0.348 e. The maximum atomic E-state index is 2.95. The summed E-state index contributed by atoms with van der Waals surface area (Å²) in [6.45, 7) is 16.1. The van der Waals surface area contributed by atoms with Crippen LogP contribution in [0.4, 0.5) is 0 Å². The van der Waals surface area contributed by atoms with Gasteiger partial charge in [-0.1, -0.05) is 59.3 Å². The second-order valence-corrected chi connectivity index (χ2v) is 13.6. The molecule has 0 unspecified atom stereocenters. The van der Waals surface area contributed by atoms with Gasteiger partial charge in [0.25, 0.3) is 0 Å². The molecule has 0 rings (SSSR count). The van der Waals surface area contributed by atoms with Crippen LogP contribution in [0.3, 0.4) is 0 Å². The Hall–Kier alpha value is 0.394. The molecule has 0 atom stereocenters. The molecule has 0 aliphatic rings. The summed E-state index contributed by atoms with van der Waals surface area (Å²) in [7, 11) is -1.65. The molecule has 0 saturated heterocycles. The predicted molar refractivity (Wildman–Crippen MR) is 77.7 cm³/mol. The third-order valence-electron chi connectivity index (χ3n) is 3.30. The van der Waals surface area contributed by atoms with Gasteiger partial charge < -0.3 is 4.23 Å². The molecule has 0 heterocycles. The van der Waals surface area contributed by atoms with Crippen LogP contribution in [0.1, 0.15) is 39.5 Å². The van der Waals surface area contributed by atoms with Gasteiger partial charge in [0.1, 0.15) is 8.24 Å². The first-order valence-electron chi connectivity index (χ1n) is 6.72. The highest BCUT2D eigenvalue weighted by Crippen LogP contribution is 2.20. The first kappa shape index (κ1) is 15.4. The van der Waals surface area contributed by atoms with E-state index in [4.69, 9.17) is 0 Å². The summed E-state index contributed by atoms with van der Waals surface area (Å²) in [4.78, 5) is 0. The third kappa shape index (κ3) is 5.88. The molecule has 0 amide bonds. The lowest BCUT2D eigenvalue weighted by Crippen LogP contribution is -2.54. The lowest BCUT2D eigenvalue weighted by Gasteiger charge is -2.40. The second-order valence-electron chi connectivity index (χ2n) is 5.56. The van der Waals surface area contributed by atoms with Crippen LogP contribution in [0.2, 0.25) is 32.2 Å². The zero-order valence-corrected chi connectivity index (χ0v) is 13.9. The Morgan fingerprint density at radius 2 is 1.53 bits per heavy atom. The summed E-state index contributed by atoms with van der Waals surface area (Å²) in [6.07, 6.45) is 5.53. The second kappa shape index (κ2) is 7.63. The molecule has 0 bridgehead atoms. The Morgan fingerprint density at radius 3 is 1.93 bits per heavy atom. The molecule has 0 saturated carbocycles.